The number of hydrogen-bond acceptors (Lipinski definition) is 4. The molecule has 0 rings (SSSR count). The van der Waals surface area contributed by atoms with Crippen LogP contribution < -0.4 is 0 Å². The monoisotopic (exact) mass is 236 g/mol. The highest BCUT2D eigenvalue weighted by molar-refractivity contribution is 7.53. The van der Waals surface area contributed by atoms with Crippen LogP contribution in [0.5, 0.6) is 0 Å². The smallest absolute Gasteiger partial charge is 0.356 e. The topological polar surface area (TPSA) is 44.8 Å². The summed E-state index contributed by atoms with van der Waals surface area (Å²) in [6, 6.07) is 0. The van der Waals surface area contributed by atoms with Crippen LogP contribution in [0.15, 0.2) is 12.7 Å². The molecule has 0 aliphatic rings. The van der Waals surface area contributed by atoms with Crippen LogP contribution in [-0.4, -0.2) is 25.2 Å². The van der Waals surface area contributed by atoms with Crippen molar-refractivity contribution in [2.45, 2.75) is 39.9 Å². The Kier molecular flexibility index (Phi) is 7.11. The molecule has 0 fully saturated rings. The van der Waals surface area contributed by atoms with Crippen molar-refractivity contribution >= 4 is 7.60 Å². The summed E-state index contributed by atoms with van der Waals surface area (Å²) >= 11 is 0. The zero-order chi connectivity index (χ0) is 11.9. The predicted octanol–water partition coefficient (Wildman–Crippen LogP) is 3.19. The molecule has 0 aromatic carbocycles. The highest BCUT2D eigenvalue weighted by atomic mass is 31.2. The lowest BCUT2D eigenvalue weighted by Gasteiger charge is -2.22. The number of rotatable bonds is 8. The summed E-state index contributed by atoms with van der Waals surface area (Å²) in [7, 11) is -3.13. The Bertz CT molecular complexity index is 211. The SMILES string of the molecule is C=CCOCP(=O)(OC(C)C)OC(C)C. The Balaban J connectivity index is 4.27. The maximum Gasteiger partial charge on any atom is 0.356 e. The second-order valence-electron chi connectivity index (χ2n) is 3.71. The van der Waals surface area contributed by atoms with Gasteiger partial charge in [0.15, 0.2) is 0 Å². The minimum Gasteiger partial charge on any atom is -0.365 e. The van der Waals surface area contributed by atoms with E-state index in [0.29, 0.717) is 6.61 Å². The van der Waals surface area contributed by atoms with Crippen LogP contribution in [-0.2, 0) is 18.3 Å². The summed E-state index contributed by atoms with van der Waals surface area (Å²) in [5.74, 6) is 0. The van der Waals surface area contributed by atoms with Crippen LogP contribution in [0.3, 0.4) is 0 Å². The average Bonchev–Trinajstić information content (AvgIpc) is 2.00. The molecule has 0 saturated heterocycles. The average molecular weight is 236 g/mol. The molecule has 0 atom stereocenters. The Morgan fingerprint density at radius 2 is 1.67 bits per heavy atom. The van der Waals surface area contributed by atoms with Gasteiger partial charge in [-0.3, -0.25) is 4.57 Å². The number of ether oxygens (including phenoxy) is 1. The molecule has 90 valence electrons. The highest BCUT2D eigenvalue weighted by Crippen LogP contribution is 2.50. The van der Waals surface area contributed by atoms with E-state index in [1.165, 1.54) is 0 Å². The van der Waals surface area contributed by atoms with Crippen LogP contribution >= 0.6 is 7.60 Å². The van der Waals surface area contributed by atoms with E-state index in [-0.39, 0.29) is 18.6 Å². The van der Waals surface area contributed by atoms with Gasteiger partial charge in [-0.2, -0.15) is 0 Å². The fourth-order valence-electron chi connectivity index (χ4n) is 0.976. The molecule has 0 aliphatic carbocycles. The molecule has 0 unspecified atom stereocenters. The number of hydrogen-bond donors (Lipinski definition) is 0. The lowest BCUT2D eigenvalue weighted by atomic mass is 10.5. The van der Waals surface area contributed by atoms with Crippen molar-refractivity contribution in [3.63, 3.8) is 0 Å². The van der Waals surface area contributed by atoms with Gasteiger partial charge in [-0.15, -0.1) is 6.58 Å². The van der Waals surface area contributed by atoms with E-state index in [1.54, 1.807) is 6.08 Å². The van der Waals surface area contributed by atoms with Gasteiger partial charge in [-0.1, -0.05) is 6.08 Å². The Morgan fingerprint density at radius 3 is 2.00 bits per heavy atom. The van der Waals surface area contributed by atoms with Crippen LogP contribution in [0.2, 0.25) is 0 Å². The highest BCUT2D eigenvalue weighted by Gasteiger charge is 2.27. The van der Waals surface area contributed by atoms with Crippen molar-refractivity contribution in [1.82, 2.24) is 0 Å². The summed E-state index contributed by atoms with van der Waals surface area (Å²) in [5.41, 5.74) is 0. The van der Waals surface area contributed by atoms with Crippen LogP contribution in [0.25, 0.3) is 0 Å². The van der Waals surface area contributed by atoms with E-state index in [9.17, 15) is 4.57 Å². The molecular weight excluding hydrogens is 215 g/mol. The summed E-state index contributed by atoms with van der Waals surface area (Å²) in [4.78, 5) is 0. The molecule has 0 aromatic rings. The van der Waals surface area contributed by atoms with E-state index in [0.717, 1.165) is 0 Å². The van der Waals surface area contributed by atoms with Crippen LogP contribution in [0.4, 0.5) is 0 Å². The first-order valence-electron chi connectivity index (χ1n) is 5.04. The third-order valence-electron chi connectivity index (χ3n) is 1.23. The first kappa shape index (κ1) is 14.8. The molecule has 0 aliphatic heterocycles. The predicted molar refractivity (Wildman–Crippen MR) is 61.1 cm³/mol. The molecule has 15 heavy (non-hydrogen) atoms. The quantitative estimate of drug-likeness (QED) is 0.369. The molecule has 0 spiro atoms. The van der Waals surface area contributed by atoms with Crippen LogP contribution in [0.1, 0.15) is 27.7 Å². The lowest BCUT2D eigenvalue weighted by molar-refractivity contribution is 0.107. The summed E-state index contributed by atoms with van der Waals surface area (Å²) < 4.78 is 27.8. The lowest BCUT2D eigenvalue weighted by Crippen LogP contribution is -2.11. The molecule has 0 aromatic heterocycles. The fourth-order valence-corrected chi connectivity index (χ4v) is 2.76. The molecule has 0 N–H and O–H groups in total. The standard InChI is InChI=1S/C10H21O4P/c1-6-7-12-8-15(11,13-9(2)3)14-10(4)5/h6,9-10H,1,7-8H2,2-5H3. The normalized spacial score (nSPS) is 12.4. The molecule has 0 amide bonds. The van der Waals surface area contributed by atoms with E-state index in [1.807, 2.05) is 27.7 Å². The largest absolute Gasteiger partial charge is 0.365 e. The first-order valence-corrected chi connectivity index (χ1v) is 6.77. The third kappa shape index (κ3) is 7.74. The Labute approximate surface area is 92.1 Å². The molecule has 5 heteroatoms. The van der Waals surface area contributed by atoms with Gasteiger partial charge in [0.2, 0.25) is 0 Å². The van der Waals surface area contributed by atoms with Gasteiger partial charge in [0, 0.05) is 0 Å². The maximum atomic E-state index is 12.1. The first-order chi connectivity index (χ1) is 6.89. The minimum absolute atomic E-state index is 0.0324. The van der Waals surface area contributed by atoms with Crippen molar-refractivity contribution < 1.29 is 18.3 Å². The fraction of sp³-hybridized carbons (Fsp3) is 0.800. The second-order valence-corrected chi connectivity index (χ2v) is 5.61. The summed E-state index contributed by atoms with van der Waals surface area (Å²) in [6.07, 6.45) is 1.26. The Morgan fingerprint density at radius 1 is 1.20 bits per heavy atom. The van der Waals surface area contributed by atoms with E-state index >= 15 is 0 Å². The molecule has 0 saturated carbocycles. The Hall–Kier alpha value is -0.150. The maximum absolute atomic E-state index is 12.1. The van der Waals surface area contributed by atoms with Gasteiger partial charge < -0.3 is 13.8 Å². The van der Waals surface area contributed by atoms with E-state index in [4.69, 9.17) is 13.8 Å². The van der Waals surface area contributed by atoms with Gasteiger partial charge in [-0.25, -0.2) is 0 Å². The summed E-state index contributed by atoms with van der Waals surface area (Å²) in [6.45, 7) is 11.1. The zero-order valence-electron chi connectivity index (χ0n) is 9.93. The van der Waals surface area contributed by atoms with Crippen molar-refractivity contribution in [2.75, 3.05) is 13.0 Å². The van der Waals surface area contributed by atoms with Crippen LogP contribution in [0, 0.1) is 0 Å². The van der Waals surface area contributed by atoms with Gasteiger partial charge in [0.1, 0.15) is 6.35 Å². The van der Waals surface area contributed by atoms with Gasteiger partial charge in [-0.05, 0) is 27.7 Å². The van der Waals surface area contributed by atoms with Crippen molar-refractivity contribution in [3.8, 4) is 0 Å². The molecule has 0 heterocycles. The van der Waals surface area contributed by atoms with E-state index in [2.05, 4.69) is 6.58 Å². The van der Waals surface area contributed by atoms with Gasteiger partial charge in [0.25, 0.3) is 0 Å². The van der Waals surface area contributed by atoms with Crippen molar-refractivity contribution in [2.24, 2.45) is 0 Å². The van der Waals surface area contributed by atoms with Crippen molar-refractivity contribution in [3.05, 3.63) is 12.7 Å². The van der Waals surface area contributed by atoms with Gasteiger partial charge in [0.05, 0.1) is 18.8 Å². The molecule has 0 radical (unpaired) electrons. The molecule has 0 bridgehead atoms. The summed E-state index contributed by atoms with van der Waals surface area (Å²) in [5, 5.41) is 0. The zero-order valence-corrected chi connectivity index (χ0v) is 10.8. The third-order valence-corrected chi connectivity index (χ3v) is 3.21. The van der Waals surface area contributed by atoms with Gasteiger partial charge >= 0.3 is 7.60 Å². The second kappa shape index (κ2) is 7.18. The minimum atomic E-state index is -3.13. The molecular formula is C10H21O4P. The van der Waals surface area contributed by atoms with Crippen molar-refractivity contribution in [1.29, 1.82) is 0 Å². The molecule has 4 nitrogen and oxygen atoms in total. The van der Waals surface area contributed by atoms with E-state index < -0.39 is 7.60 Å².